The largest absolute Gasteiger partial charge is 0.445 e. The second kappa shape index (κ2) is 11.5. The number of alkyl carbamates (subject to hydrolysis) is 1. The van der Waals surface area contributed by atoms with Crippen LogP contribution >= 0.6 is 0 Å². The molecule has 0 aliphatic carbocycles. The van der Waals surface area contributed by atoms with Gasteiger partial charge in [-0.25, -0.2) is 9.18 Å². The lowest BCUT2D eigenvalue weighted by Gasteiger charge is -2.18. The molecule has 3 rings (SSSR count). The Morgan fingerprint density at radius 1 is 0.839 bits per heavy atom. The van der Waals surface area contributed by atoms with Gasteiger partial charge in [-0.15, -0.1) is 0 Å². The summed E-state index contributed by atoms with van der Waals surface area (Å²) in [6.07, 6.45) is 0.151. The van der Waals surface area contributed by atoms with Crippen molar-refractivity contribution in [3.63, 3.8) is 0 Å². The minimum absolute atomic E-state index is 0.117. The van der Waals surface area contributed by atoms with Crippen LogP contribution in [0.1, 0.15) is 16.7 Å². The molecule has 0 radical (unpaired) electrons. The second-order valence-corrected chi connectivity index (χ2v) is 7.12. The molecule has 0 fully saturated rings. The lowest BCUT2D eigenvalue weighted by molar-refractivity contribution is -0.123. The summed E-state index contributed by atoms with van der Waals surface area (Å²) in [7, 11) is 0. The van der Waals surface area contributed by atoms with Gasteiger partial charge in [-0.3, -0.25) is 4.79 Å². The molecule has 0 bridgehead atoms. The molecule has 0 saturated carbocycles. The molecular weight excluding hydrogens is 395 g/mol. The molecule has 1 atom stereocenters. The van der Waals surface area contributed by atoms with Gasteiger partial charge in [0.15, 0.2) is 0 Å². The Morgan fingerprint density at radius 2 is 1.48 bits per heavy atom. The number of ether oxygens (including phenoxy) is 1. The first kappa shape index (κ1) is 22.0. The van der Waals surface area contributed by atoms with E-state index in [1.165, 1.54) is 12.1 Å². The quantitative estimate of drug-likeness (QED) is 0.549. The number of amides is 2. The molecule has 3 aromatic rings. The number of benzene rings is 3. The highest BCUT2D eigenvalue weighted by Gasteiger charge is 2.21. The van der Waals surface area contributed by atoms with Crippen molar-refractivity contribution in [3.8, 4) is 0 Å². The van der Waals surface area contributed by atoms with E-state index in [1.807, 2.05) is 60.7 Å². The van der Waals surface area contributed by atoms with Crippen LogP contribution in [-0.4, -0.2) is 24.6 Å². The normalized spacial score (nSPS) is 11.4. The van der Waals surface area contributed by atoms with Crippen LogP contribution in [0.5, 0.6) is 0 Å². The Bertz CT molecular complexity index is 980. The summed E-state index contributed by atoms with van der Waals surface area (Å²) in [5.41, 5.74) is 2.56. The molecule has 0 unspecified atom stereocenters. The van der Waals surface area contributed by atoms with Crippen LogP contribution in [0.15, 0.2) is 84.9 Å². The number of rotatable bonds is 9. The zero-order chi connectivity index (χ0) is 21.9. The zero-order valence-corrected chi connectivity index (χ0v) is 17.1. The average Bonchev–Trinajstić information content (AvgIpc) is 2.79. The van der Waals surface area contributed by atoms with E-state index in [2.05, 4.69) is 10.6 Å². The highest BCUT2D eigenvalue weighted by atomic mass is 19.1. The predicted molar refractivity (Wildman–Crippen MR) is 117 cm³/mol. The maximum atomic E-state index is 13.3. The van der Waals surface area contributed by atoms with E-state index in [1.54, 1.807) is 12.1 Å². The highest BCUT2D eigenvalue weighted by Crippen LogP contribution is 2.07. The summed E-state index contributed by atoms with van der Waals surface area (Å²) < 4.78 is 18.6. The topological polar surface area (TPSA) is 67.4 Å². The number of hydrogen-bond donors (Lipinski definition) is 2. The maximum Gasteiger partial charge on any atom is 0.408 e. The molecule has 0 aliphatic heterocycles. The molecular formula is C25H25FN2O3. The van der Waals surface area contributed by atoms with E-state index in [9.17, 15) is 14.0 Å². The van der Waals surface area contributed by atoms with Crippen LogP contribution in [0.2, 0.25) is 0 Å². The minimum Gasteiger partial charge on any atom is -0.445 e. The lowest BCUT2D eigenvalue weighted by atomic mass is 10.1. The minimum atomic E-state index is -0.793. The molecule has 5 nitrogen and oxygen atoms in total. The molecule has 0 spiro atoms. The van der Waals surface area contributed by atoms with Crippen LogP contribution in [0.25, 0.3) is 0 Å². The van der Waals surface area contributed by atoms with Crippen molar-refractivity contribution in [2.24, 2.45) is 0 Å². The first-order chi connectivity index (χ1) is 15.1. The van der Waals surface area contributed by atoms with Crippen molar-refractivity contribution in [3.05, 3.63) is 107 Å². The highest BCUT2D eigenvalue weighted by molar-refractivity contribution is 5.85. The van der Waals surface area contributed by atoms with Crippen LogP contribution in [0.4, 0.5) is 9.18 Å². The summed E-state index contributed by atoms with van der Waals surface area (Å²) >= 11 is 0. The fourth-order valence-corrected chi connectivity index (χ4v) is 3.11. The van der Waals surface area contributed by atoms with Gasteiger partial charge < -0.3 is 15.4 Å². The standard InChI is InChI=1S/C25H25FN2O3/c26-22-13-7-12-20(16-22)14-15-27-24(29)23(17-19-8-3-1-4-9-19)28-25(30)31-18-21-10-5-2-6-11-21/h1-13,16,23H,14-15,17-18H2,(H,27,29)(H,28,30)/t23-/m0/s1. The smallest absolute Gasteiger partial charge is 0.408 e. The second-order valence-electron chi connectivity index (χ2n) is 7.12. The van der Waals surface area contributed by atoms with Gasteiger partial charge in [0.1, 0.15) is 18.5 Å². The molecule has 0 aromatic heterocycles. The predicted octanol–water partition coefficient (Wildman–Crippen LogP) is 4.02. The molecule has 2 amide bonds. The number of halogens is 1. The number of nitrogens with one attached hydrogen (secondary N) is 2. The number of carbonyl (C=O) groups is 2. The Kier molecular flexibility index (Phi) is 8.17. The molecule has 2 N–H and O–H groups in total. The van der Waals surface area contributed by atoms with E-state index in [0.717, 1.165) is 16.7 Å². The Labute approximate surface area is 181 Å². The third kappa shape index (κ3) is 7.59. The summed E-state index contributed by atoms with van der Waals surface area (Å²) in [6, 6.07) is 24.2. The van der Waals surface area contributed by atoms with E-state index < -0.39 is 12.1 Å². The summed E-state index contributed by atoms with van der Waals surface area (Å²) in [6.45, 7) is 0.445. The van der Waals surface area contributed by atoms with E-state index in [4.69, 9.17) is 4.74 Å². The Hall–Kier alpha value is -3.67. The average molecular weight is 420 g/mol. The monoisotopic (exact) mass is 420 g/mol. The van der Waals surface area contributed by atoms with Crippen molar-refractivity contribution < 1.29 is 18.7 Å². The summed E-state index contributed by atoms with van der Waals surface area (Å²) in [5.74, 6) is -0.634. The molecule has 0 saturated heterocycles. The maximum absolute atomic E-state index is 13.3. The first-order valence-electron chi connectivity index (χ1n) is 10.1. The van der Waals surface area contributed by atoms with E-state index >= 15 is 0 Å². The van der Waals surface area contributed by atoms with E-state index in [0.29, 0.717) is 19.4 Å². The Morgan fingerprint density at radius 3 is 2.16 bits per heavy atom. The van der Waals surface area contributed by atoms with Gasteiger partial charge in [-0.1, -0.05) is 72.8 Å². The van der Waals surface area contributed by atoms with Crippen molar-refractivity contribution in [1.29, 1.82) is 0 Å². The van der Waals surface area contributed by atoms with Crippen LogP contribution in [0, 0.1) is 5.82 Å². The van der Waals surface area contributed by atoms with Gasteiger partial charge in [0.05, 0.1) is 0 Å². The van der Waals surface area contributed by atoms with Crippen molar-refractivity contribution in [1.82, 2.24) is 10.6 Å². The lowest BCUT2D eigenvalue weighted by Crippen LogP contribution is -2.48. The third-order valence-electron chi connectivity index (χ3n) is 4.71. The van der Waals surface area contributed by atoms with Crippen LogP contribution < -0.4 is 10.6 Å². The fraction of sp³-hybridized carbons (Fsp3) is 0.200. The molecule has 0 aliphatic rings. The summed E-state index contributed by atoms with van der Waals surface area (Å²) in [4.78, 5) is 25.1. The van der Waals surface area contributed by atoms with Gasteiger partial charge in [-0.2, -0.15) is 0 Å². The molecule has 6 heteroatoms. The van der Waals surface area contributed by atoms with Crippen LogP contribution in [-0.2, 0) is 29.0 Å². The molecule has 160 valence electrons. The van der Waals surface area contributed by atoms with Gasteiger partial charge >= 0.3 is 6.09 Å². The van der Waals surface area contributed by atoms with Crippen molar-refractivity contribution in [2.75, 3.05) is 6.54 Å². The van der Waals surface area contributed by atoms with E-state index in [-0.39, 0.29) is 18.3 Å². The SMILES string of the molecule is O=C(N[C@@H](Cc1ccccc1)C(=O)NCCc1cccc(F)c1)OCc1ccccc1. The fourth-order valence-electron chi connectivity index (χ4n) is 3.11. The van der Waals surface area contributed by atoms with Gasteiger partial charge in [0.2, 0.25) is 5.91 Å². The third-order valence-corrected chi connectivity index (χ3v) is 4.71. The summed E-state index contributed by atoms with van der Waals surface area (Å²) in [5, 5.41) is 5.48. The number of hydrogen-bond acceptors (Lipinski definition) is 3. The zero-order valence-electron chi connectivity index (χ0n) is 17.1. The van der Waals surface area contributed by atoms with Crippen molar-refractivity contribution >= 4 is 12.0 Å². The molecule has 0 heterocycles. The molecule has 31 heavy (non-hydrogen) atoms. The van der Waals surface area contributed by atoms with Gasteiger partial charge in [0.25, 0.3) is 0 Å². The van der Waals surface area contributed by atoms with Gasteiger partial charge in [0, 0.05) is 13.0 Å². The first-order valence-corrected chi connectivity index (χ1v) is 10.1. The van der Waals surface area contributed by atoms with Crippen LogP contribution in [0.3, 0.4) is 0 Å². The number of carbonyl (C=O) groups excluding carboxylic acids is 2. The molecule has 3 aromatic carbocycles. The van der Waals surface area contributed by atoms with Gasteiger partial charge in [-0.05, 0) is 35.2 Å². The van der Waals surface area contributed by atoms with Crippen molar-refractivity contribution in [2.45, 2.75) is 25.5 Å². The Balaban J connectivity index is 1.56.